The van der Waals surface area contributed by atoms with Gasteiger partial charge in [0, 0.05) is 12.8 Å². The summed E-state index contributed by atoms with van der Waals surface area (Å²) in [6, 6.07) is 8.06. The molecule has 0 aliphatic carbocycles. The minimum Gasteiger partial charge on any atom is -0.330 e. The van der Waals surface area contributed by atoms with E-state index in [1.807, 2.05) is 12.1 Å². The van der Waals surface area contributed by atoms with Gasteiger partial charge >= 0.3 is 5.97 Å². The lowest BCUT2D eigenvalue weighted by Crippen LogP contribution is -2.36. The lowest BCUT2D eigenvalue weighted by Gasteiger charge is -2.24. The van der Waals surface area contributed by atoms with Crippen molar-refractivity contribution in [1.29, 1.82) is 0 Å². The van der Waals surface area contributed by atoms with Crippen LogP contribution in [0.15, 0.2) is 24.3 Å². The van der Waals surface area contributed by atoms with E-state index < -0.39 is 26.6 Å². The quantitative estimate of drug-likeness (QED) is 0.584. The second kappa shape index (κ2) is 7.74. The van der Waals surface area contributed by atoms with Crippen LogP contribution in [-0.4, -0.2) is 31.6 Å². The summed E-state index contributed by atoms with van der Waals surface area (Å²) in [5.74, 6) is -1.48. The fourth-order valence-electron chi connectivity index (χ4n) is 3.41. The van der Waals surface area contributed by atoms with Crippen LogP contribution in [0.3, 0.4) is 0 Å². The maximum atomic E-state index is 12.1. The predicted octanol–water partition coefficient (Wildman–Crippen LogP) is 2.09. The Bertz CT molecular complexity index is 618. The van der Waals surface area contributed by atoms with Gasteiger partial charge < -0.3 is 4.84 Å². The molecule has 2 amide bonds. The van der Waals surface area contributed by atoms with Gasteiger partial charge in [-0.1, -0.05) is 57.1 Å². The molecule has 0 atom stereocenters. The van der Waals surface area contributed by atoms with Crippen molar-refractivity contribution in [3.63, 3.8) is 0 Å². The van der Waals surface area contributed by atoms with Crippen LogP contribution in [0.4, 0.5) is 0 Å². The van der Waals surface area contributed by atoms with E-state index in [4.69, 9.17) is 4.84 Å². The first-order chi connectivity index (χ1) is 11.3. The maximum absolute atomic E-state index is 12.1. The fourth-order valence-corrected chi connectivity index (χ4v) is 7.23. The first-order valence-electron chi connectivity index (χ1n) is 8.45. The van der Waals surface area contributed by atoms with Crippen molar-refractivity contribution in [3.05, 3.63) is 29.8 Å². The molecule has 0 radical (unpaired) electrons. The summed E-state index contributed by atoms with van der Waals surface area (Å²) in [5.41, 5.74) is 2.12. The van der Waals surface area contributed by atoms with E-state index >= 15 is 0 Å². The highest BCUT2D eigenvalue weighted by Gasteiger charge is 2.32. The monoisotopic (exact) mass is 347 g/mol. The van der Waals surface area contributed by atoms with E-state index in [9.17, 15) is 14.4 Å². The Balaban J connectivity index is 2.07. The summed E-state index contributed by atoms with van der Waals surface area (Å²) in [6.07, 6.45) is 0.275. The summed E-state index contributed by atoms with van der Waals surface area (Å²) in [7, 11) is -1.13. The second-order valence-corrected chi connectivity index (χ2v) is 11.4. The van der Waals surface area contributed by atoms with Crippen molar-refractivity contribution in [2.45, 2.75) is 58.0 Å². The molecule has 6 heteroatoms. The Morgan fingerprint density at radius 3 is 2.25 bits per heavy atom. The van der Waals surface area contributed by atoms with Crippen LogP contribution in [-0.2, 0) is 25.6 Å². The van der Waals surface area contributed by atoms with Gasteiger partial charge in [-0.05, 0) is 16.6 Å². The first kappa shape index (κ1) is 18.4. The molecule has 1 fully saturated rings. The van der Waals surface area contributed by atoms with Crippen molar-refractivity contribution >= 4 is 31.8 Å². The van der Waals surface area contributed by atoms with E-state index in [0.29, 0.717) is 16.1 Å². The molecule has 24 heavy (non-hydrogen) atoms. The number of hydrogen-bond acceptors (Lipinski definition) is 4. The summed E-state index contributed by atoms with van der Waals surface area (Å²) in [5, 5.41) is 1.94. The zero-order valence-corrected chi connectivity index (χ0v) is 15.9. The molecule has 2 rings (SSSR count). The smallest absolute Gasteiger partial charge is 0.330 e. The molecule has 130 valence electrons. The van der Waals surface area contributed by atoms with Gasteiger partial charge in [-0.2, -0.15) is 0 Å². The van der Waals surface area contributed by atoms with Gasteiger partial charge in [0.25, 0.3) is 11.8 Å². The van der Waals surface area contributed by atoms with Crippen molar-refractivity contribution in [2.24, 2.45) is 0 Å². The number of benzene rings is 1. The highest BCUT2D eigenvalue weighted by molar-refractivity contribution is 6.75. The van der Waals surface area contributed by atoms with Gasteiger partial charge in [0.2, 0.25) is 0 Å². The number of hydroxylamine groups is 2. The van der Waals surface area contributed by atoms with Gasteiger partial charge in [-0.3, -0.25) is 9.59 Å². The van der Waals surface area contributed by atoms with E-state index in [0.717, 1.165) is 5.56 Å². The molecule has 1 aliphatic rings. The van der Waals surface area contributed by atoms with Crippen molar-refractivity contribution in [2.75, 3.05) is 0 Å². The topological polar surface area (TPSA) is 63.7 Å². The molecule has 0 bridgehead atoms. The summed E-state index contributed by atoms with van der Waals surface area (Å²) in [6.45, 7) is 9.01. The zero-order chi connectivity index (χ0) is 17.9. The third-order valence-electron chi connectivity index (χ3n) is 4.32. The Labute approximate surface area is 144 Å². The number of hydrogen-bond donors (Lipinski definition) is 0. The summed E-state index contributed by atoms with van der Waals surface area (Å²) < 4.78 is 0. The summed E-state index contributed by atoms with van der Waals surface area (Å²) in [4.78, 5) is 40.0. The van der Waals surface area contributed by atoms with E-state index in [2.05, 4.69) is 39.8 Å². The number of amides is 2. The highest BCUT2D eigenvalue weighted by Crippen LogP contribution is 2.20. The lowest BCUT2D eigenvalue weighted by molar-refractivity contribution is -0.197. The Hall–Kier alpha value is -1.95. The molecule has 1 aromatic carbocycles. The molecule has 0 aromatic heterocycles. The molecule has 1 saturated heterocycles. The molecule has 0 unspecified atom stereocenters. The number of carbonyl (C=O) groups is 3. The molecule has 0 saturated carbocycles. The van der Waals surface area contributed by atoms with Crippen LogP contribution in [0.25, 0.3) is 0 Å². The van der Waals surface area contributed by atoms with Crippen LogP contribution in [0.2, 0.25) is 11.1 Å². The number of rotatable bonds is 6. The maximum Gasteiger partial charge on any atom is 0.337 e. The molecular weight excluding hydrogens is 322 g/mol. The minimum atomic E-state index is -1.13. The van der Waals surface area contributed by atoms with E-state index in [1.54, 1.807) is 0 Å². The van der Waals surface area contributed by atoms with Crippen molar-refractivity contribution in [3.8, 4) is 0 Å². The van der Waals surface area contributed by atoms with Gasteiger partial charge in [-0.15, -0.1) is 5.06 Å². The largest absolute Gasteiger partial charge is 0.337 e. The minimum absolute atomic E-state index is 0.0577. The molecule has 1 heterocycles. The molecule has 0 N–H and O–H groups in total. The molecule has 1 aromatic rings. The normalized spacial score (nSPS) is 15.0. The van der Waals surface area contributed by atoms with E-state index in [-0.39, 0.29) is 19.3 Å². The number of nitrogens with zero attached hydrogens (tertiary/aromatic N) is 1. The van der Waals surface area contributed by atoms with E-state index in [1.165, 1.54) is 5.19 Å². The third kappa shape index (κ3) is 4.32. The Morgan fingerprint density at radius 1 is 1.12 bits per heavy atom. The van der Waals surface area contributed by atoms with Gasteiger partial charge in [0.15, 0.2) is 0 Å². The molecule has 0 spiro atoms. The molecule has 1 aliphatic heterocycles. The van der Waals surface area contributed by atoms with Gasteiger partial charge in [0.1, 0.15) is 0 Å². The summed E-state index contributed by atoms with van der Waals surface area (Å²) >= 11 is 0. The standard InChI is InChI=1S/C18H25NO4Si/c1-12(2)24(13(3)4)15-7-5-6-14(10-15)11-18(22)23-19-16(20)8-9-17(19)21/h5-7,10,12-13,24H,8-9,11H2,1-4H3. The Morgan fingerprint density at radius 2 is 1.71 bits per heavy atom. The average Bonchev–Trinajstić information content (AvgIpc) is 2.78. The first-order valence-corrected chi connectivity index (χ1v) is 10.4. The second-order valence-electron chi connectivity index (χ2n) is 6.98. The van der Waals surface area contributed by atoms with Crippen LogP contribution in [0, 0.1) is 0 Å². The van der Waals surface area contributed by atoms with Crippen LogP contribution in [0.1, 0.15) is 46.1 Å². The predicted molar refractivity (Wildman–Crippen MR) is 94.3 cm³/mol. The third-order valence-corrected chi connectivity index (χ3v) is 8.32. The van der Waals surface area contributed by atoms with Crippen molar-refractivity contribution < 1.29 is 19.2 Å². The molecular formula is C18H25NO4Si. The average molecular weight is 347 g/mol. The van der Waals surface area contributed by atoms with Crippen LogP contribution >= 0.6 is 0 Å². The molecule has 5 nitrogen and oxygen atoms in total. The highest BCUT2D eigenvalue weighted by atomic mass is 28.3. The number of carbonyl (C=O) groups excluding carboxylic acids is 3. The number of imide groups is 1. The fraction of sp³-hybridized carbons (Fsp3) is 0.500. The van der Waals surface area contributed by atoms with Crippen LogP contribution in [0.5, 0.6) is 0 Å². The lowest BCUT2D eigenvalue weighted by atomic mass is 10.1. The van der Waals surface area contributed by atoms with Gasteiger partial charge in [0.05, 0.1) is 15.2 Å². The van der Waals surface area contributed by atoms with Crippen molar-refractivity contribution in [1.82, 2.24) is 5.06 Å². The SMILES string of the molecule is CC(C)[SiH](c1cccc(CC(=O)ON2C(=O)CCC2=O)c1)C(C)C. The zero-order valence-electron chi connectivity index (χ0n) is 14.7. The van der Waals surface area contributed by atoms with Gasteiger partial charge in [-0.25, -0.2) is 4.79 Å². The Kier molecular flexibility index (Phi) is 5.93. The van der Waals surface area contributed by atoms with Crippen LogP contribution < -0.4 is 5.19 Å².